The van der Waals surface area contributed by atoms with Gasteiger partial charge in [-0.15, -0.1) is 0 Å². The van der Waals surface area contributed by atoms with Crippen LogP contribution in [0.4, 0.5) is 0 Å². The SMILES string of the molecule is CC/C=C\C/C=C\C/C=C\C/C=C\C/C=C\CCCCCC(=O)OC[C@H](COC(=O)CCCCCCCCCCCCCCCCCCCCC)OC(=O)CCCCCCC/C=C\CCCC. The smallest absolute Gasteiger partial charge is 0.306 e. The third-order valence-electron chi connectivity index (χ3n) is 12.2. The first kappa shape index (κ1) is 63.8. The van der Waals surface area contributed by atoms with E-state index in [0.29, 0.717) is 19.3 Å². The molecule has 0 aliphatic heterocycles. The van der Waals surface area contributed by atoms with Gasteiger partial charge < -0.3 is 14.2 Å². The number of hydrogen-bond donors (Lipinski definition) is 0. The second-order valence-corrected chi connectivity index (χ2v) is 18.8. The van der Waals surface area contributed by atoms with Crippen molar-refractivity contribution in [2.24, 2.45) is 0 Å². The minimum Gasteiger partial charge on any atom is -0.462 e. The van der Waals surface area contributed by atoms with Crippen molar-refractivity contribution in [2.45, 2.75) is 284 Å². The van der Waals surface area contributed by atoms with E-state index in [-0.39, 0.29) is 31.1 Å². The molecule has 1 atom stereocenters. The minimum absolute atomic E-state index is 0.0873. The summed E-state index contributed by atoms with van der Waals surface area (Å²) in [6, 6.07) is 0. The Hall–Kier alpha value is -3.15. The van der Waals surface area contributed by atoms with Crippen LogP contribution in [-0.4, -0.2) is 37.2 Å². The highest BCUT2D eigenvalue weighted by atomic mass is 16.6. The van der Waals surface area contributed by atoms with E-state index < -0.39 is 6.10 Å². The molecule has 0 fully saturated rings. The van der Waals surface area contributed by atoms with Crippen LogP contribution in [0.25, 0.3) is 0 Å². The van der Waals surface area contributed by atoms with E-state index in [2.05, 4.69) is 93.7 Å². The molecule has 6 heteroatoms. The maximum Gasteiger partial charge on any atom is 0.306 e. The quantitative estimate of drug-likeness (QED) is 0.0262. The highest BCUT2D eigenvalue weighted by Crippen LogP contribution is 2.16. The fraction of sp³-hybridized carbons (Fsp3) is 0.754. The van der Waals surface area contributed by atoms with Crippen molar-refractivity contribution < 1.29 is 28.6 Å². The Morgan fingerprint density at radius 2 is 0.597 bits per heavy atom. The second-order valence-electron chi connectivity index (χ2n) is 18.8. The lowest BCUT2D eigenvalue weighted by atomic mass is 10.0. The molecule has 386 valence electrons. The molecule has 0 heterocycles. The number of allylic oxidation sites excluding steroid dienone is 12. The van der Waals surface area contributed by atoms with Gasteiger partial charge in [0.1, 0.15) is 13.2 Å². The van der Waals surface area contributed by atoms with Crippen molar-refractivity contribution >= 4 is 17.9 Å². The van der Waals surface area contributed by atoms with Gasteiger partial charge in [0.25, 0.3) is 0 Å². The summed E-state index contributed by atoms with van der Waals surface area (Å²) in [4.78, 5) is 38.1. The van der Waals surface area contributed by atoms with Crippen LogP contribution in [0.1, 0.15) is 278 Å². The van der Waals surface area contributed by atoms with Gasteiger partial charge in [-0.05, 0) is 83.5 Å². The molecule has 0 rings (SSSR count). The standard InChI is InChI=1S/C61H106O6/c1-4-7-10-13-16-19-22-24-26-28-30-32-34-36-39-41-44-47-50-53-59(62)65-56-58(67-61(64)55-52-49-46-43-38-21-18-15-12-9-6-3)57-66-60(63)54-51-48-45-42-40-37-35-33-31-29-27-25-23-20-17-14-11-8-5-2/h7,10,15-16,18-19,24,26,30,32,36,39,58H,4-6,8-9,11-14,17,20-23,25,27-29,31,33-35,37-38,40-57H2,1-3H3/b10-7-,18-15-,19-16-,26-24-,32-30-,39-36-/t58-/m1/s1. The second kappa shape index (κ2) is 55.4. The lowest BCUT2D eigenvalue weighted by Crippen LogP contribution is -2.30. The molecule has 67 heavy (non-hydrogen) atoms. The van der Waals surface area contributed by atoms with Gasteiger partial charge in [-0.3, -0.25) is 14.4 Å². The van der Waals surface area contributed by atoms with Crippen LogP contribution in [0.5, 0.6) is 0 Å². The van der Waals surface area contributed by atoms with E-state index in [9.17, 15) is 14.4 Å². The van der Waals surface area contributed by atoms with Gasteiger partial charge in [-0.2, -0.15) is 0 Å². The van der Waals surface area contributed by atoms with Crippen molar-refractivity contribution in [1.29, 1.82) is 0 Å². The monoisotopic (exact) mass is 935 g/mol. The number of ether oxygens (including phenoxy) is 3. The van der Waals surface area contributed by atoms with Crippen LogP contribution in [-0.2, 0) is 28.6 Å². The Morgan fingerprint density at radius 3 is 0.985 bits per heavy atom. The van der Waals surface area contributed by atoms with Crippen LogP contribution >= 0.6 is 0 Å². The average Bonchev–Trinajstić information content (AvgIpc) is 3.33. The van der Waals surface area contributed by atoms with Crippen LogP contribution in [0.3, 0.4) is 0 Å². The Balaban J connectivity index is 4.35. The molecule has 0 saturated carbocycles. The van der Waals surface area contributed by atoms with Gasteiger partial charge >= 0.3 is 17.9 Å². The first-order valence-electron chi connectivity index (χ1n) is 28.4. The molecule has 0 amide bonds. The van der Waals surface area contributed by atoms with Gasteiger partial charge in [0.05, 0.1) is 0 Å². The molecular weight excluding hydrogens is 829 g/mol. The molecule has 0 saturated heterocycles. The van der Waals surface area contributed by atoms with Gasteiger partial charge in [-0.1, -0.05) is 248 Å². The molecule has 0 unspecified atom stereocenters. The van der Waals surface area contributed by atoms with E-state index in [1.807, 2.05) is 0 Å². The molecule has 0 aliphatic carbocycles. The molecule has 0 aromatic rings. The largest absolute Gasteiger partial charge is 0.462 e. The van der Waals surface area contributed by atoms with Gasteiger partial charge in [-0.25, -0.2) is 0 Å². The predicted molar refractivity (Wildman–Crippen MR) is 288 cm³/mol. The number of rotatable bonds is 51. The van der Waals surface area contributed by atoms with Crippen molar-refractivity contribution in [2.75, 3.05) is 13.2 Å². The van der Waals surface area contributed by atoms with E-state index in [0.717, 1.165) is 109 Å². The Labute approximate surface area is 414 Å². The van der Waals surface area contributed by atoms with Crippen molar-refractivity contribution in [3.63, 3.8) is 0 Å². The van der Waals surface area contributed by atoms with Gasteiger partial charge in [0.2, 0.25) is 0 Å². The normalized spacial score (nSPS) is 12.6. The maximum atomic E-state index is 12.8. The van der Waals surface area contributed by atoms with Crippen molar-refractivity contribution in [3.8, 4) is 0 Å². The van der Waals surface area contributed by atoms with E-state index in [1.165, 1.54) is 128 Å². The molecule has 0 radical (unpaired) electrons. The lowest BCUT2D eigenvalue weighted by Gasteiger charge is -2.18. The lowest BCUT2D eigenvalue weighted by molar-refractivity contribution is -0.167. The molecule has 0 aromatic heterocycles. The van der Waals surface area contributed by atoms with Crippen LogP contribution in [0, 0.1) is 0 Å². The summed E-state index contributed by atoms with van der Waals surface area (Å²) in [5.74, 6) is -0.923. The molecular formula is C61H106O6. The summed E-state index contributed by atoms with van der Waals surface area (Å²) in [7, 11) is 0. The molecule has 0 aromatic carbocycles. The maximum absolute atomic E-state index is 12.8. The molecule has 0 bridgehead atoms. The predicted octanol–water partition coefficient (Wildman–Crippen LogP) is 19.0. The Morgan fingerprint density at radius 1 is 0.313 bits per heavy atom. The first-order chi connectivity index (χ1) is 33.0. The molecule has 0 spiro atoms. The Bertz CT molecular complexity index is 1260. The molecule has 6 nitrogen and oxygen atoms in total. The van der Waals surface area contributed by atoms with Crippen LogP contribution < -0.4 is 0 Å². The molecule has 0 aliphatic rings. The summed E-state index contributed by atoms with van der Waals surface area (Å²) in [5, 5.41) is 0. The number of hydrogen-bond acceptors (Lipinski definition) is 6. The van der Waals surface area contributed by atoms with Gasteiger partial charge in [0.15, 0.2) is 6.10 Å². The van der Waals surface area contributed by atoms with Crippen LogP contribution in [0.15, 0.2) is 72.9 Å². The summed E-state index contributed by atoms with van der Waals surface area (Å²) < 4.78 is 16.8. The summed E-state index contributed by atoms with van der Waals surface area (Å²) in [6.45, 7) is 6.47. The number of carbonyl (C=O) groups is 3. The zero-order valence-corrected chi connectivity index (χ0v) is 44.2. The average molecular weight is 936 g/mol. The fourth-order valence-electron chi connectivity index (χ4n) is 7.92. The third kappa shape index (κ3) is 53.7. The highest BCUT2D eigenvalue weighted by Gasteiger charge is 2.19. The summed E-state index contributed by atoms with van der Waals surface area (Å²) >= 11 is 0. The number of esters is 3. The fourth-order valence-corrected chi connectivity index (χ4v) is 7.92. The van der Waals surface area contributed by atoms with Crippen LogP contribution in [0.2, 0.25) is 0 Å². The minimum atomic E-state index is -0.791. The number of carbonyl (C=O) groups excluding carboxylic acids is 3. The highest BCUT2D eigenvalue weighted by molar-refractivity contribution is 5.71. The van der Waals surface area contributed by atoms with Crippen molar-refractivity contribution in [1.82, 2.24) is 0 Å². The third-order valence-corrected chi connectivity index (χ3v) is 12.2. The number of unbranched alkanes of at least 4 members (excludes halogenated alkanes) is 28. The first-order valence-corrected chi connectivity index (χ1v) is 28.4. The van der Waals surface area contributed by atoms with E-state index in [4.69, 9.17) is 14.2 Å². The van der Waals surface area contributed by atoms with Crippen molar-refractivity contribution in [3.05, 3.63) is 72.9 Å². The Kier molecular flexibility index (Phi) is 52.8. The summed E-state index contributed by atoms with van der Waals surface area (Å²) in [5.41, 5.74) is 0. The molecule has 0 N–H and O–H groups in total. The zero-order chi connectivity index (χ0) is 48.6. The van der Waals surface area contributed by atoms with E-state index in [1.54, 1.807) is 0 Å². The van der Waals surface area contributed by atoms with Gasteiger partial charge in [0, 0.05) is 19.3 Å². The zero-order valence-electron chi connectivity index (χ0n) is 44.2. The topological polar surface area (TPSA) is 78.9 Å². The van der Waals surface area contributed by atoms with E-state index >= 15 is 0 Å². The summed E-state index contributed by atoms with van der Waals surface area (Å²) in [6.07, 6.45) is 70.4.